The largest absolute Gasteiger partial charge is 0.495 e. The highest BCUT2D eigenvalue weighted by molar-refractivity contribution is 6.05. The molecule has 10 heteroatoms. The fourth-order valence-corrected chi connectivity index (χ4v) is 5.31. The Morgan fingerprint density at radius 2 is 1.51 bits per heavy atom. The number of rotatable bonds is 10. The highest BCUT2D eigenvalue weighted by atomic mass is 16.6. The van der Waals surface area contributed by atoms with Gasteiger partial charge in [-0.3, -0.25) is 19.7 Å². The zero-order valence-corrected chi connectivity index (χ0v) is 25.2. The van der Waals surface area contributed by atoms with Crippen LogP contribution in [0.2, 0.25) is 0 Å². The molecule has 4 aromatic carbocycles. The number of hydrogen-bond acceptors (Lipinski definition) is 7. The molecule has 0 saturated carbocycles. The zero-order valence-electron chi connectivity index (χ0n) is 25.2. The number of nitrogens with one attached hydrogen (secondary N) is 2. The van der Waals surface area contributed by atoms with Gasteiger partial charge < -0.3 is 25.2 Å². The van der Waals surface area contributed by atoms with Gasteiger partial charge in [0, 0.05) is 55.8 Å². The summed E-state index contributed by atoms with van der Waals surface area (Å²) in [6, 6.07) is 28.7. The van der Waals surface area contributed by atoms with Crippen molar-refractivity contribution in [1.29, 1.82) is 0 Å². The summed E-state index contributed by atoms with van der Waals surface area (Å²) in [5.41, 5.74) is 4.36. The second-order valence-corrected chi connectivity index (χ2v) is 10.7. The summed E-state index contributed by atoms with van der Waals surface area (Å²) >= 11 is 0. The highest BCUT2D eigenvalue weighted by Gasteiger charge is 2.24. The van der Waals surface area contributed by atoms with Crippen LogP contribution in [0.25, 0.3) is 6.08 Å². The molecule has 4 aromatic rings. The molecule has 10 nitrogen and oxygen atoms in total. The number of nitro groups is 1. The Balaban J connectivity index is 1.34. The number of para-hydroxylation sites is 2. The molecule has 1 aliphatic heterocycles. The van der Waals surface area contributed by atoms with Crippen molar-refractivity contribution in [2.24, 2.45) is 0 Å². The molecule has 1 aliphatic rings. The Hall–Kier alpha value is -5.64. The van der Waals surface area contributed by atoms with Crippen LogP contribution >= 0.6 is 0 Å². The van der Waals surface area contributed by atoms with Crippen molar-refractivity contribution in [2.45, 2.75) is 13.0 Å². The molecule has 0 radical (unpaired) electrons. The Kier molecular flexibility index (Phi) is 9.74. The minimum Gasteiger partial charge on any atom is -0.495 e. The van der Waals surface area contributed by atoms with Crippen LogP contribution < -0.4 is 25.2 Å². The second kappa shape index (κ2) is 14.2. The van der Waals surface area contributed by atoms with E-state index in [1.165, 1.54) is 18.2 Å². The molecule has 2 N–H and O–H groups in total. The Labute approximate surface area is 262 Å². The van der Waals surface area contributed by atoms with Crippen LogP contribution in [0, 0.1) is 10.1 Å². The van der Waals surface area contributed by atoms with E-state index in [9.17, 15) is 19.7 Å². The third-order valence-corrected chi connectivity index (χ3v) is 7.73. The molecular weight excluding hydrogens is 570 g/mol. The SMILES string of the molecule is COc1ccccc1N1CCN(c2ccc(NC(=O)/C=C/c3ccc([N+](=O)[O-])cc3)cc2C(=O)N[C@@H](C)c2ccccc2)CC1. The lowest BCUT2D eigenvalue weighted by atomic mass is 10.1. The van der Waals surface area contributed by atoms with E-state index in [-0.39, 0.29) is 17.6 Å². The van der Waals surface area contributed by atoms with Gasteiger partial charge in [-0.1, -0.05) is 42.5 Å². The van der Waals surface area contributed by atoms with Crippen LogP contribution in [0.3, 0.4) is 0 Å². The molecule has 1 heterocycles. The number of amides is 2. The number of nitro benzene ring substituents is 1. The number of hydrogen-bond donors (Lipinski definition) is 2. The number of nitrogens with zero attached hydrogens (tertiary/aromatic N) is 3. The van der Waals surface area contributed by atoms with Crippen molar-refractivity contribution < 1.29 is 19.2 Å². The van der Waals surface area contributed by atoms with Crippen LogP contribution in [-0.4, -0.2) is 50.0 Å². The molecule has 0 aromatic heterocycles. The highest BCUT2D eigenvalue weighted by Crippen LogP contribution is 2.31. The Bertz CT molecular complexity index is 1680. The van der Waals surface area contributed by atoms with Crippen molar-refractivity contribution in [3.05, 3.63) is 130 Å². The van der Waals surface area contributed by atoms with Crippen LogP contribution in [0.1, 0.15) is 34.5 Å². The first-order chi connectivity index (χ1) is 21.8. The lowest BCUT2D eigenvalue weighted by molar-refractivity contribution is -0.384. The Morgan fingerprint density at radius 3 is 2.18 bits per heavy atom. The first-order valence-electron chi connectivity index (χ1n) is 14.7. The summed E-state index contributed by atoms with van der Waals surface area (Å²) < 4.78 is 5.56. The summed E-state index contributed by atoms with van der Waals surface area (Å²) in [7, 11) is 1.67. The standard InChI is InChI=1S/C35H35N5O5/c1-25(27-8-4-3-5-9-27)36-35(42)30-24-28(37-34(41)19-14-26-12-16-29(17-13-26)40(43)44)15-18-31(30)38-20-22-39(23-21-38)32-10-6-7-11-33(32)45-2/h3-19,24-25H,20-23H2,1-2H3,(H,36,42)(H,37,41)/b19-14+/t25-/m0/s1. The van der Waals surface area contributed by atoms with E-state index in [4.69, 9.17) is 4.74 Å². The second-order valence-electron chi connectivity index (χ2n) is 10.7. The van der Waals surface area contributed by atoms with Crippen LogP contribution in [-0.2, 0) is 4.79 Å². The summed E-state index contributed by atoms with van der Waals surface area (Å²) in [4.78, 5) is 41.4. The van der Waals surface area contributed by atoms with E-state index >= 15 is 0 Å². The van der Waals surface area contributed by atoms with Gasteiger partial charge in [0.05, 0.1) is 29.3 Å². The Morgan fingerprint density at radius 1 is 0.867 bits per heavy atom. The average Bonchev–Trinajstić information content (AvgIpc) is 3.08. The third-order valence-electron chi connectivity index (χ3n) is 7.73. The van der Waals surface area contributed by atoms with E-state index in [0.29, 0.717) is 29.9 Å². The molecule has 0 aliphatic carbocycles. The van der Waals surface area contributed by atoms with E-state index < -0.39 is 10.8 Å². The number of non-ortho nitro benzene ring substituents is 1. The molecule has 5 rings (SSSR count). The number of methoxy groups -OCH3 is 1. The van der Waals surface area contributed by atoms with Crippen molar-refractivity contribution >= 4 is 40.6 Å². The number of benzene rings is 4. The molecule has 1 fully saturated rings. The van der Waals surface area contributed by atoms with Gasteiger partial charge in [-0.15, -0.1) is 0 Å². The molecule has 0 bridgehead atoms. The fraction of sp³-hybridized carbons (Fsp3) is 0.200. The van der Waals surface area contributed by atoms with Gasteiger partial charge in [-0.2, -0.15) is 0 Å². The van der Waals surface area contributed by atoms with E-state index in [1.807, 2.05) is 67.6 Å². The molecule has 2 amide bonds. The van der Waals surface area contributed by atoms with E-state index in [2.05, 4.69) is 20.4 Å². The van der Waals surface area contributed by atoms with Crippen molar-refractivity contribution in [1.82, 2.24) is 5.32 Å². The number of anilines is 3. The first-order valence-corrected chi connectivity index (χ1v) is 14.7. The quantitative estimate of drug-likeness (QED) is 0.128. The van der Waals surface area contributed by atoms with E-state index in [0.717, 1.165) is 35.8 Å². The van der Waals surface area contributed by atoms with Gasteiger partial charge >= 0.3 is 0 Å². The lowest BCUT2D eigenvalue weighted by Crippen LogP contribution is -2.47. The minimum absolute atomic E-state index is 0.0229. The molecule has 45 heavy (non-hydrogen) atoms. The van der Waals surface area contributed by atoms with Crippen molar-refractivity contribution in [3.63, 3.8) is 0 Å². The monoisotopic (exact) mass is 605 g/mol. The summed E-state index contributed by atoms with van der Waals surface area (Å²) in [6.45, 7) is 4.81. The normalized spacial score (nSPS) is 13.7. The molecule has 0 spiro atoms. The molecule has 1 saturated heterocycles. The van der Waals surface area contributed by atoms with E-state index in [1.54, 1.807) is 37.5 Å². The van der Waals surface area contributed by atoms with Gasteiger partial charge in [-0.25, -0.2) is 0 Å². The number of piperazine rings is 1. The van der Waals surface area contributed by atoms with Gasteiger partial charge in [0.25, 0.3) is 11.6 Å². The maximum Gasteiger partial charge on any atom is 0.269 e. The van der Waals surface area contributed by atoms with Gasteiger partial charge in [0.15, 0.2) is 0 Å². The zero-order chi connectivity index (χ0) is 31.8. The smallest absolute Gasteiger partial charge is 0.269 e. The topological polar surface area (TPSA) is 117 Å². The summed E-state index contributed by atoms with van der Waals surface area (Å²) in [6.07, 6.45) is 2.92. The minimum atomic E-state index is -0.474. The lowest BCUT2D eigenvalue weighted by Gasteiger charge is -2.38. The molecule has 230 valence electrons. The number of carbonyl (C=O) groups excluding carboxylic acids is 2. The van der Waals surface area contributed by atoms with Crippen LogP contribution in [0.4, 0.5) is 22.7 Å². The van der Waals surface area contributed by atoms with Gasteiger partial charge in [0.1, 0.15) is 5.75 Å². The maximum absolute atomic E-state index is 13.7. The van der Waals surface area contributed by atoms with Gasteiger partial charge in [-0.05, 0) is 66.6 Å². The van der Waals surface area contributed by atoms with Gasteiger partial charge in [0.2, 0.25) is 5.91 Å². The predicted octanol–water partition coefficient (Wildman–Crippen LogP) is 6.07. The number of ether oxygens (including phenoxy) is 1. The average molecular weight is 606 g/mol. The third kappa shape index (κ3) is 7.66. The first kappa shape index (κ1) is 30.8. The molecular formula is C35H35N5O5. The van der Waals surface area contributed by atoms with Crippen molar-refractivity contribution in [3.8, 4) is 5.75 Å². The van der Waals surface area contributed by atoms with Crippen molar-refractivity contribution in [2.75, 3.05) is 48.4 Å². The summed E-state index contributed by atoms with van der Waals surface area (Å²) in [5.74, 6) is 0.185. The molecule has 1 atom stereocenters. The predicted molar refractivity (Wildman–Crippen MR) is 177 cm³/mol. The van der Waals surface area contributed by atoms with Crippen LogP contribution in [0.15, 0.2) is 103 Å². The maximum atomic E-state index is 13.7. The molecule has 0 unspecified atom stereocenters. The fourth-order valence-electron chi connectivity index (χ4n) is 5.31. The summed E-state index contributed by atoms with van der Waals surface area (Å²) in [5, 5.41) is 16.8. The van der Waals surface area contributed by atoms with Crippen LogP contribution in [0.5, 0.6) is 5.75 Å². The number of carbonyl (C=O) groups is 2.